The van der Waals surface area contributed by atoms with Crippen molar-refractivity contribution in [1.29, 1.82) is 0 Å². The number of halogens is 2. The molecule has 0 amide bonds. The van der Waals surface area contributed by atoms with Crippen molar-refractivity contribution in [1.82, 2.24) is 0 Å². The normalized spacial score (nSPS) is 17.4. The van der Waals surface area contributed by atoms with Gasteiger partial charge in [-0.05, 0) is 0 Å². The Balaban J connectivity index is 0.00000225. The second-order valence-electron chi connectivity index (χ2n) is 15.4. The Kier molecular flexibility index (Phi) is 10.6. The van der Waals surface area contributed by atoms with Crippen LogP contribution in [0.25, 0.3) is 34.4 Å². The van der Waals surface area contributed by atoms with Crippen molar-refractivity contribution in [2.24, 2.45) is 0 Å². The molecule has 7 rings (SSSR count). The van der Waals surface area contributed by atoms with E-state index in [1.165, 1.54) is 86.0 Å². The van der Waals surface area contributed by atoms with Gasteiger partial charge in [0.2, 0.25) is 0 Å². The molecule has 0 aromatic heterocycles. The van der Waals surface area contributed by atoms with E-state index >= 15 is 0 Å². The number of hydrogen-bond donors (Lipinski definition) is 0. The molecule has 3 aliphatic rings. The molecule has 2 unspecified atom stereocenters. The molecule has 2 atom stereocenters. The molecule has 0 saturated carbocycles. The summed E-state index contributed by atoms with van der Waals surface area (Å²) in [5.41, 5.74) is 24.6. The third-order valence-corrected chi connectivity index (χ3v) is 15.9. The van der Waals surface area contributed by atoms with Crippen molar-refractivity contribution < 1.29 is 52.8 Å². The van der Waals surface area contributed by atoms with Crippen molar-refractivity contribution in [3.8, 4) is 28.0 Å². The molecule has 0 heterocycles. The van der Waals surface area contributed by atoms with Gasteiger partial charge in [-0.15, -0.1) is 0 Å². The average Bonchev–Trinajstić information content (AvgIpc) is 3.64. The zero-order valence-electron chi connectivity index (χ0n) is 30.2. The molecule has 0 spiro atoms. The van der Waals surface area contributed by atoms with Crippen LogP contribution < -0.4 is 29.6 Å². The molecule has 0 N–H and O–H groups in total. The second-order valence-corrected chi connectivity index (χ2v) is 19.1. The largest absolute Gasteiger partial charge is 1.00 e. The van der Waals surface area contributed by atoms with Crippen LogP contribution in [0.4, 0.5) is 0 Å². The first kappa shape index (κ1) is 36.9. The maximum atomic E-state index is 6.32. The van der Waals surface area contributed by atoms with E-state index < -0.39 is 23.2 Å². The van der Waals surface area contributed by atoms with Gasteiger partial charge in [0.15, 0.2) is 0 Å². The fraction of sp³-hybridized carbons (Fsp3) is 0.364. The van der Waals surface area contributed by atoms with Crippen LogP contribution in [-0.4, -0.2) is 7.11 Å². The van der Waals surface area contributed by atoms with Crippen LogP contribution in [0.15, 0.2) is 59.7 Å². The molecule has 1 nitrogen and oxygen atoms in total. The minimum atomic E-state index is -1.03. The number of allylic oxidation sites excluding steroid dienone is 2. The minimum absolute atomic E-state index is 0. The number of hydrogen-bond acceptors (Lipinski definition) is 1. The number of ether oxygens (including phenoxy) is 1. The maximum Gasteiger partial charge on any atom is -1.00 e. The zero-order chi connectivity index (χ0) is 32.7. The molecular weight excluding hydrogens is 707 g/mol. The van der Waals surface area contributed by atoms with Crippen molar-refractivity contribution in [3.63, 3.8) is 0 Å². The number of aryl methyl sites for hydroxylation is 5. The fourth-order valence-electron chi connectivity index (χ4n) is 8.62. The van der Waals surface area contributed by atoms with Gasteiger partial charge in [0.1, 0.15) is 0 Å². The molecule has 0 fully saturated rings. The predicted octanol–water partition coefficient (Wildman–Crippen LogP) is 5.76. The third kappa shape index (κ3) is 6.36. The molecule has 0 radical (unpaired) electrons. The summed E-state index contributed by atoms with van der Waals surface area (Å²) in [7, 11) is 1.86. The van der Waals surface area contributed by atoms with Crippen LogP contribution in [0.5, 0.6) is 5.75 Å². The first-order valence-corrected chi connectivity index (χ1v) is 19.9. The van der Waals surface area contributed by atoms with Gasteiger partial charge in [0.25, 0.3) is 0 Å². The van der Waals surface area contributed by atoms with Gasteiger partial charge in [0.05, 0.1) is 0 Å². The summed E-state index contributed by atoms with van der Waals surface area (Å²) in [6.45, 7) is 20.8. The quantitative estimate of drug-likeness (QED) is 0.252. The standard InChI is InChI=1S/C23H27O.C21H21.2ClH.Zr/c1-14-8-15(2)11-18(10-14)21-19-12-16(3)9-17(19)13-20(22(21)24-7)23(4,5)6;1-13-7-14(2)10-18(9-13)21-19-6-4-5-16(19)12-17-8-15(3)11-20(17)21;;;/h8-13H,1-7H3;7-12H,4-6H2,1-3H3;2*1H;/q;;;;+2/p-2. The van der Waals surface area contributed by atoms with Crippen molar-refractivity contribution >= 4 is 12.2 Å². The van der Waals surface area contributed by atoms with Gasteiger partial charge in [-0.2, -0.15) is 0 Å². The monoisotopic (exact) mass is 752 g/mol. The minimum Gasteiger partial charge on any atom is -1.00 e. The summed E-state index contributed by atoms with van der Waals surface area (Å²) >= 11 is -1.03. The Labute approximate surface area is 313 Å². The van der Waals surface area contributed by atoms with E-state index in [1.54, 1.807) is 27.8 Å². The molecule has 4 aromatic carbocycles. The molecule has 0 bridgehead atoms. The summed E-state index contributed by atoms with van der Waals surface area (Å²) in [6, 6.07) is 19.3. The van der Waals surface area contributed by atoms with Gasteiger partial charge >= 0.3 is 290 Å². The molecular formula is C44H48Cl2OZr. The van der Waals surface area contributed by atoms with Crippen molar-refractivity contribution in [3.05, 3.63) is 121 Å². The van der Waals surface area contributed by atoms with Gasteiger partial charge < -0.3 is 24.8 Å². The molecule has 4 aromatic rings. The predicted molar refractivity (Wildman–Crippen MR) is 193 cm³/mol. The zero-order valence-corrected chi connectivity index (χ0v) is 34.2. The molecule has 4 heteroatoms. The van der Waals surface area contributed by atoms with Crippen LogP contribution in [0.1, 0.15) is 109 Å². The molecule has 48 heavy (non-hydrogen) atoms. The van der Waals surface area contributed by atoms with Gasteiger partial charge in [-0.1, -0.05) is 0 Å². The first-order valence-electron chi connectivity index (χ1n) is 17.1. The van der Waals surface area contributed by atoms with E-state index in [2.05, 4.69) is 123 Å². The average molecular weight is 755 g/mol. The Morgan fingerprint density at radius 2 is 1.10 bits per heavy atom. The first-order chi connectivity index (χ1) is 21.8. The van der Waals surface area contributed by atoms with Crippen LogP contribution >= 0.6 is 0 Å². The fourth-order valence-corrected chi connectivity index (χ4v) is 13.2. The van der Waals surface area contributed by atoms with Crippen LogP contribution in [0.2, 0.25) is 0 Å². The summed E-state index contributed by atoms with van der Waals surface area (Å²) < 4.78 is 7.44. The van der Waals surface area contributed by atoms with E-state index in [0.717, 1.165) is 5.75 Å². The van der Waals surface area contributed by atoms with E-state index in [-0.39, 0.29) is 30.2 Å². The topological polar surface area (TPSA) is 9.23 Å². The number of methoxy groups -OCH3 is 1. The van der Waals surface area contributed by atoms with E-state index in [9.17, 15) is 0 Å². The van der Waals surface area contributed by atoms with E-state index in [1.807, 2.05) is 7.11 Å². The molecule has 3 aliphatic carbocycles. The summed E-state index contributed by atoms with van der Waals surface area (Å²) in [4.78, 5) is 0. The Hall–Kier alpha value is -2.38. The Bertz CT molecular complexity index is 1950. The number of rotatable bonds is 5. The molecule has 0 saturated heterocycles. The van der Waals surface area contributed by atoms with Crippen molar-refractivity contribution in [2.75, 3.05) is 7.11 Å². The number of fused-ring (bicyclic) bond motifs is 3. The van der Waals surface area contributed by atoms with Gasteiger partial charge in [-0.3, -0.25) is 0 Å². The van der Waals surface area contributed by atoms with Crippen LogP contribution in [0, 0.1) is 27.7 Å². The third-order valence-electron chi connectivity index (χ3n) is 10.5. The Morgan fingerprint density at radius 1 is 0.625 bits per heavy atom. The summed E-state index contributed by atoms with van der Waals surface area (Å²) in [5.74, 6) is 1.04. The number of benzene rings is 4. The SMILES string of the molecule is COc1c(C(C)(C)C)cc2c(c1-c1cc(C)cc(C)c1)C=C(C)[CH]2[Zr+2][CH]1C(C)=Cc2c1cc1c(c2-c2cc(C)cc(C)c2)CCC1.[Cl-].[Cl-]. The second kappa shape index (κ2) is 13.7. The summed E-state index contributed by atoms with van der Waals surface area (Å²) in [6.07, 6.45) is 8.80. The van der Waals surface area contributed by atoms with Gasteiger partial charge in [0, 0.05) is 0 Å². The van der Waals surface area contributed by atoms with Gasteiger partial charge in [-0.25, -0.2) is 0 Å². The summed E-state index contributed by atoms with van der Waals surface area (Å²) in [5, 5.41) is 0. The van der Waals surface area contributed by atoms with Crippen molar-refractivity contribution in [2.45, 2.75) is 94.2 Å². The smallest absolute Gasteiger partial charge is 1.00 e. The van der Waals surface area contributed by atoms with E-state index in [4.69, 9.17) is 4.74 Å². The van der Waals surface area contributed by atoms with Crippen LogP contribution in [-0.2, 0) is 41.5 Å². The molecule has 0 aliphatic heterocycles. The van der Waals surface area contributed by atoms with E-state index in [0.29, 0.717) is 7.25 Å². The Morgan fingerprint density at radius 3 is 1.60 bits per heavy atom. The maximum absolute atomic E-state index is 6.32. The molecule has 248 valence electrons. The van der Waals surface area contributed by atoms with Crippen LogP contribution in [0.3, 0.4) is 0 Å².